The van der Waals surface area contributed by atoms with Crippen molar-refractivity contribution in [3.8, 4) is 5.75 Å². The van der Waals surface area contributed by atoms with E-state index in [0.29, 0.717) is 21.4 Å². The van der Waals surface area contributed by atoms with Crippen molar-refractivity contribution in [3.63, 3.8) is 0 Å². The lowest BCUT2D eigenvalue weighted by Gasteiger charge is -2.32. The SMILES string of the molecule is CNC(=O)C(C)N(Cc1c(Cl)cccc1Cl)C(=O)CN(c1cccc(OC)c1)S(=O)(=O)c1ccccc1. The van der Waals surface area contributed by atoms with E-state index in [2.05, 4.69) is 5.32 Å². The first-order chi connectivity index (χ1) is 17.6. The molecule has 0 spiro atoms. The highest BCUT2D eigenvalue weighted by Gasteiger charge is 2.33. The topological polar surface area (TPSA) is 96.0 Å². The number of hydrogen-bond acceptors (Lipinski definition) is 5. The maximum atomic E-state index is 13.8. The van der Waals surface area contributed by atoms with Gasteiger partial charge in [-0.05, 0) is 43.3 Å². The van der Waals surface area contributed by atoms with E-state index in [0.717, 1.165) is 4.31 Å². The summed E-state index contributed by atoms with van der Waals surface area (Å²) in [7, 11) is -1.26. The van der Waals surface area contributed by atoms with E-state index in [9.17, 15) is 18.0 Å². The van der Waals surface area contributed by atoms with E-state index in [1.807, 2.05) is 0 Å². The fourth-order valence-corrected chi connectivity index (χ4v) is 5.60. The summed E-state index contributed by atoms with van der Waals surface area (Å²) < 4.78 is 33.7. The van der Waals surface area contributed by atoms with Gasteiger partial charge in [-0.25, -0.2) is 8.42 Å². The number of likely N-dealkylation sites (N-methyl/N-ethyl adjacent to an activating group) is 1. The lowest BCUT2D eigenvalue weighted by atomic mass is 10.1. The third kappa shape index (κ3) is 6.54. The molecule has 0 aliphatic heterocycles. The molecule has 11 heteroatoms. The molecule has 0 heterocycles. The van der Waals surface area contributed by atoms with Crippen LogP contribution < -0.4 is 14.4 Å². The second kappa shape index (κ2) is 12.3. The van der Waals surface area contributed by atoms with Gasteiger partial charge in [-0.3, -0.25) is 13.9 Å². The van der Waals surface area contributed by atoms with Crippen LogP contribution in [0.3, 0.4) is 0 Å². The van der Waals surface area contributed by atoms with Gasteiger partial charge in [-0.1, -0.05) is 53.5 Å². The summed E-state index contributed by atoms with van der Waals surface area (Å²) in [6, 6.07) is 18.1. The second-order valence-electron chi connectivity index (χ2n) is 8.04. The monoisotopic (exact) mass is 563 g/mol. The van der Waals surface area contributed by atoms with Crippen LogP contribution in [0.4, 0.5) is 5.69 Å². The molecule has 0 saturated heterocycles. The molecular formula is C26H27Cl2N3O5S. The van der Waals surface area contributed by atoms with Crippen LogP contribution in [0.5, 0.6) is 5.75 Å². The van der Waals surface area contributed by atoms with E-state index in [-0.39, 0.29) is 17.1 Å². The Morgan fingerprint density at radius 3 is 2.19 bits per heavy atom. The maximum absolute atomic E-state index is 13.8. The summed E-state index contributed by atoms with van der Waals surface area (Å²) in [6.07, 6.45) is 0. The third-order valence-electron chi connectivity index (χ3n) is 5.76. The summed E-state index contributed by atoms with van der Waals surface area (Å²) in [4.78, 5) is 27.6. The smallest absolute Gasteiger partial charge is 0.264 e. The van der Waals surface area contributed by atoms with Crippen LogP contribution in [0.25, 0.3) is 0 Å². The van der Waals surface area contributed by atoms with Crippen LogP contribution in [-0.4, -0.2) is 51.9 Å². The molecule has 1 atom stereocenters. The van der Waals surface area contributed by atoms with Gasteiger partial charge in [0.1, 0.15) is 18.3 Å². The van der Waals surface area contributed by atoms with E-state index < -0.39 is 34.4 Å². The average molecular weight is 564 g/mol. The summed E-state index contributed by atoms with van der Waals surface area (Å²) in [6.45, 7) is 0.847. The fraction of sp³-hybridized carbons (Fsp3) is 0.231. The maximum Gasteiger partial charge on any atom is 0.264 e. The van der Waals surface area contributed by atoms with Crippen molar-refractivity contribution in [1.29, 1.82) is 0 Å². The summed E-state index contributed by atoms with van der Waals surface area (Å²) in [5.74, 6) is -0.651. The van der Waals surface area contributed by atoms with Gasteiger partial charge >= 0.3 is 0 Å². The molecule has 0 aromatic heterocycles. The Bertz CT molecular complexity index is 1350. The Morgan fingerprint density at radius 2 is 1.59 bits per heavy atom. The number of sulfonamides is 1. The molecule has 0 saturated carbocycles. The first kappa shape index (κ1) is 28.3. The molecule has 1 unspecified atom stereocenters. The zero-order valence-corrected chi connectivity index (χ0v) is 22.8. The molecule has 0 radical (unpaired) electrons. The van der Waals surface area contributed by atoms with Crippen molar-refractivity contribution in [2.45, 2.75) is 24.4 Å². The molecule has 1 N–H and O–H groups in total. The van der Waals surface area contributed by atoms with Crippen molar-refractivity contribution >= 4 is 50.7 Å². The number of hydrogen-bond donors (Lipinski definition) is 1. The van der Waals surface area contributed by atoms with Gasteiger partial charge in [0.05, 0.1) is 17.7 Å². The zero-order chi connectivity index (χ0) is 27.2. The Hall–Kier alpha value is -3.27. The van der Waals surface area contributed by atoms with Gasteiger partial charge in [0.25, 0.3) is 10.0 Å². The van der Waals surface area contributed by atoms with Crippen molar-refractivity contribution < 1.29 is 22.7 Å². The van der Waals surface area contributed by atoms with Crippen LogP contribution in [0.1, 0.15) is 12.5 Å². The molecule has 196 valence electrons. The molecular weight excluding hydrogens is 537 g/mol. The first-order valence-corrected chi connectivity index (χ1v) is 13.5. The third-order valence-corrected chi connectivity index (χ3v) is 8.25. The minimum atomic E-state index is -4.17. The lowest BCUT2D eigenvalue weighted by molar-refractivity contribution is -0.139. The van der Waals surface area contributed by atoms with Gasteiger partial charge in [0, 0.05) is 35.3 Å². The molecule has 0 aliphatic rings. The van der Waals surface area contributed by atoms with Crippen molar-refractivity contribution in [1.82, 2.24) is 10.2 Å². The predicted molar refractivity (Wildman–Crippen MR) is 145 cm³/mol. The van der Waals surface area contributed by atoms with Gasteiger partial charge in [-0.2, -0.15) is 0 Å². The molecule has 8 nitrogen and oxygen atoms in total. The molecule has 3 aromatic rings. The summed E-state index contributed by atoms with van der Waals surface area (Å²) in [5, 5.41) is 3.16. The molecule has 0 aliphatic carbocycles. The van der Waals surface area contributed by atoms with Crippen molar-refractivity contribution in [2.75, 3.05) is 25.0 Å². The minimum absolute atomic E-state index is 0.00525. The number of rotatable bonds is 10. The highest BCUT2D eigenvalue weighted by Crippen LogP contribution is 2.29. The van der Waals surface area contributed by atoms with Crippen LogP contribution in [0, 0.1) is 0 Å². The van der Waals surface area contributed by atoms with E-state index >= 15 is 0 Å². The highest BCUT2D eigenvalue weighted by atomic mass is 35.5. The van der Waals surface area contributed by atoms with Gasteiger partial charge < -0.3 is 15.0 Å². The van der Waals surface area contributed by atoms with Crippen LogP contribution >= 0.6 is 23.2 Å². The number of halogens is 2. The van der Waals surface area contributed by atoms with Crippen LogP contribution in [-0.2, 0) is 26.2 Å². The van der Waals surface area contributed by atoms with Crippen LogP contribution in [0.15, 0.2) is 77.7 Å². The molecule has 0 bridgehead atoms. The second-order valence-corrected chi connectivity index (χ2v) is 10.7. The number of nitrogens with one attached hydrogen (secondary N) is 1. The number of nitrogens with zero attached hydrogens (tertiary/aromatic N) is 2. The summed E-state index contributed by atoms with van der Waals surface area (Å²) >= 11 is 12.7. The Balaban J connectivity index is 2.07. The van der Waals surface area contributed by atoms with E-state index in [4.69, 9.17) is 27.9 Å². The number of carbonyl (C=O) groups excluding carboxylic acids is 2. The highest BCUT2D eigenvalue weighted by molar-refractivity contribution is 7.92. The standard InChI is InChI=1S/C26H27Cl2N3O5S/c1-18(26(33)29-2)30(16-22-23(27)13-8-14-24(22)28)25(32)17-31(19-9-7-10-20(15-19)36-3)37(34,35)21-11-5-4-6-12-21/h4-15,18H,16-17H2,1-3H3,(H,29,33). The number of amides is 2. The van der Waals surface area contributed by atoms with Crippen molar-refractivity contribution in [3.05, 3.63) is 88.4 Å². The Kier molecular flexibility index (Phi) is 9.42. The molecule has 3 aromatic carbocycles. The van der Waals surface area contributed by atoms with Gasteiger partial charge in [0.15, 0.2) is 0 Å². The molecule has 2 amide bonds. The van der Waals surface area contributed by atoms with Crippen molar-refractivity contribution in [2.24, 2.45) is 0 Å². The van der Waals surface area contributed by atoms with Gasteiger partial charge in [0.2, 0.25) is 11.8 Å². The quantitative estimate of drug-likeness (QED) is 0.395. The number of methoxy groups -OCH3 is 1. The average Bonchev–Trinajstić information content (AvgIpc) is 2.91. The minimum Gasteiger partial charge on any atom is -0.497 e. The number of ether oxygens (including phenoxy) is 1. The Morgan fingerprint density at radius 1 is 0.973 bits per heavy atom. The number of benzene rings is 3. The summed E-state index contributed by atoms with van der Waals surface area (Å²) in [5.41, 5.74) is 0.661. The van der Waals surface area contributed by atoms with Gasteiger partial charge in [-0.15, -0.1) is 0 Å². The predicted octanol–water partition coefficient (Wildman–Crippen LogP) is 4.36. The fourth-order valence-electron chi connectivity index (χ4n) is 3.66. The number of anilines is 1. The molecule has 37 heavy (non-hydrogen) atoms. The zero-order valence-electron chi connectivity index (χ0n) is 20.5. The first-order valence-electron chi connectivity index (χ1n) is 11.3. The molecule has 0 fully saturated rings. The van der Waals surface area contributed by atoms with E-state index in [1.165, 1.54) is 37.3 Å². The Labute approximate surface area is 226 Å². The molecule has 3 rings (SSSR count). The number of carbonyl (C=O) groups is 2. The van der Waals surface area contributed by atoms with E-state index in [1.54, 1.807) is 61.5 Å². The normalized spacial score (nSPS) is 11.9. The van der Waals surface area contributed by atoms with Crippen LogP contribution in [0.2, 0.25) is 10.0 Å². The lowest BCUT2D eigenvalue weighted by Crippen LogP contribution is -2.50. The largest absolute Gasteiger partial charge is 0.497 e.